The predicted octanol–water partition coefficient (Wildman–Crippen LogP) is 1.30. The maximum atomic E-state index is 12.0. The van der Waals surface area contributed by atoms with E-state index in [0.717, 1.165) is 19.3 Å². The van der Waals surface area contributed by atoms with Crippen molar-refractivity contribution in [2.75, 3.05) is 6.54 Å². The Morgan fingerprint density at radius 2 is 2.31 bits per heavy atom. The molecular weight excluding hydrogens is 226 g/mol. The molecule has 4 nitrogen and oxygen atoms in total. The van der Waals surface area contributed by atoms with Crippen molar-refractivity contribution in [1.29, 1.82) is 5.26 Å². The quantitative estimate of drug-likeness (QED) is 0.815. The second-order valence-electron chi connectivity index (χ2n) is 4.23. The van der Waals surface area contributed by atoms with Gasteiger partial charge in [0.2, 0.25) is 5.91 Å². The minimum absolute atomic E-state index is 0. The van der Waals surface area contributed by atoms with Crippen LogP contribution in [0.3, 0.4) is 0 Å². The molecule has 2 N–H and O–H groups in total. The summed E-state index contributed by atoms with van der Waals surface area (Å²) in [4.78, 5) is 13.6. The number of hydrogen-bond donors (Lipinski definition) is 1. The highest BCUT2D eigenvalue weighted by molar-refractivity contribution is 5.85. The molecule has 5 heteroatoms. The first-order valence-corrected chi connectivity index (χ1v) is 5.57. The summed E-state index contributed by atoms with van der Waals surface area (Å²) >= 11 is 0. The number of hydrogen-bond acceptors (Lipinski definition) is 3. The van der Waals surface area contributed by atoms with E-state index in [1.165, 1.54) is 0 Å². The molecule has 0 spiro atoms. The number of carbonyl (C=O) groups excluding carboxylic acids is 1. The maximum Gasteiger partial charge on any atom is 0.240 e. The van der Waals surface area contributed by atoms with Crippen LogP contribution in [0.1, 0.15) is 33.1 Å². The maximum absolute atomic E-state index is 12.0. The molecule has 1 saturated heterocycles. The van der Waals surface area contributed by atoms with Crippen LogP contribution in [0.5, 0.6) is 0 Å². The van der Waals surface area contributed by atoms with E-state index in [4.69, 9.17) is 11.0 Å². The summed E-state index contributed by atoms with van der Waals surface area (Å²) in [7, 11) is 0. The van der Waals surface area contributed by atoms with E-state index in [0.29, 0.717) is 6.54 Å². The topological polar surface area (TPSA) is 70.1 Å². The van der Waals surface area contributed by atoms with E-state index in [-0.39, 0.29) is 30.3 Å². The molecule has 1 heterocycles. The summed E-state index contributed by atoms with van der Waals surface area (Å²) in [6.07, 6.45) is 2.59. The molecule has 1 rings (SSSR count). The zero-order chi connectivity index (χ0) is 11.4. The molecule has 92 valence electrons. The number of rotatable bonds is 3. The van der Waals surface area contributed by atoms with Crippen LogP contribution in [0.4, 0.5) is 0 Å². The second kappa shape index (κ2) is 6.72. The number of nitrogens with zero attached hydrogens (tertiary/aromatic N) is 2. The Morgan fingerprint density at radius 1 is 1.69 bits per heavy atom. The first kappa shape index (κ1) is 15.2. The van der Waals surface area contributed by atoms with E-state index < -0.39 is 6.04 Å². The zero-order valence-electron chi connectivity index (χ0n) is 9.85. The van der Waals surface area contributed by atoms with Gasteiger partial charge in [-0.3, -0.25) is 4.79 Å². The minimum atomic E-state index is -0.455. The molecule has 0 aromatic heterocycles. The van der Waals surface area contributed by atoms with E-state index in [1.807, 2.05) is 13.8 Å². The molecule has 1 aliphatic rings. The van der Waals surface area contributed by atoms with Crippen molar-refractivity contribution in [2.24, 2.45) is 11.7 Å². The molecule has 16 heavy (non-hydrogen) atoms. The first-order chi connectivity index (χ1) is 7.11. The number of likely N-dealkylation sites (tertiary alicyclic amines) is 1. The Morgan fingerprint density at radius 3 is 2.81 bits per heavy atom. The fourth-order valence-corrected chi connectivity index (χ4v) is 1.85. The molecule has 0 saturated carbocycles. The largest absolute Gasteiger partial charge is 0.325 e. The third-order valence-electron chi connectivity index (χ3n) is 3.23. The van der Waals surface area contributed by atoms with Gasteiger partial charge in [0.15, 0.2) is 0 Å². The SMILES string of the molecule is CCC(C)C(N)C(=O)N1CCC[C@H]1C#N.Cl. The van der Waals surface area contributed by atoms with Gasteiger partial charge in [0.25, 0.3) is 0 Å². The van der Waals surface area contributed by atoms with Gasteiger partial charge in [0.05, 0.1) is 12.1 Å². The van der Waals surface area contributed by atoms with Gasteiger partial charge in [-0.15, -0.1) is 12.4 Å². The average molecular weight is 246 g/mol. The van der Waals surface area contributed by atoms with Crippen LogP contribution in [0.2, 0.25) is 0 Å². The third kappa shape index (κ3) is 3.10. The predicted molar refractivity (Wildman–Crippen MR) is 65.0 cm³/mol. The lowest BCUT2D eigenvalue weighted by molar-refractivity contribution is -0.133. The van der Waals surface area contributed by atoms with Gasteiger partial charge in [-0.1, -0.05) is 20.3 Å². The van der Waals surface area contributed by atoms with Crippen LogP contribution in [0, 0.1) is 17.2 Å². The number of carbonyl (C=O) groups is 1. The van der Waals surface area contributed by atoms with Gasteiger partial charge in [-0.05, 0) is 18.8 Å². The number of nitriles is 1. The van der Waals surface area contributed by atoms with Crippen LogP contribution < -0.4 is 5.73 Å². The summed E-state index contributed by atoms with van der Waals surface area (Å²) < 4.78 is 0. The molecular formula is C11H20ClN3O. The van der Waals surface area contributed by atoms with Crippen molar-refractivity contribution in [3.63, 3.8) is 0 Å². The summed E-state index contributed by atoms with van der Waals surface area (Å²) in [5, 5.41) is 8.88. The number of amides is 1. The van der Waals surface area contributed by atoms with Crippen molar-refractivity contribution in [3.8, 4) is 6.07 Å². The smallest absolute Gasteiger partial charge is 0.240 e. The Hall–Kier alpha value is -0.790. The van der Waals surface area contributed by atoms with Crippen LogP contribution in [0.15, 0.2) is 0 Å². The molecule has 0 bridgehead atoms. The Bertz CT molecular complexity index is 277. The van der Waals surface area contributed by atoms with Crippen LogP contribution in [0.25, 0.3) is 0 Å². The van der Waals surface area contributed by atoms with E-state index in [1.54, 1.807) is 4.90 Å². The highest BCUT2D eigenvalue weighted by Crippen LogP contribution is 2.19. The molecule has 0 aromatic carbocycles. The van der Waals surface area contributed by atoms with E-state index >= 15 is 0 Å². The summed E-state index contributed by atoms with van der Waals surface area (Å²) in [5.74, 6) is 0.117. The Balaban J connectivity index is 0.00000225. The van der Waals surface area contributed by atoms with Crippen LogP contribution in [-0.2, 0) is 4.79 Å². The van der Waals surface area contributed by atoms with Crippen molar-refractivity contribution in [2.45, 2.75) is 45.2 Å². The minimum Gasteiger partial charge on any atom is -0.325 e. The lowest BCUT2D eigenvalue weighted by Gasteiger charge is -2.26. The second-order valence-corrected chi connectivity index (χ2v) is 4.23. The summed E-state index contributed by atoms with van der Waals surface area (Å²) in [6.45, 7) is 4.67. The fraction of sp³-hybridized carbons (Fsp3) is 0.818. The zero-order valence-corrected chi connectivity index (χ0v) is 10.7. The van der Waals surface area contributed by atoms with E-state index in [2.05, 4.69) is 6.07 Å². The lowest BCUT2D eigenvalue weighted by Crippen LogP contribution is -2.48. The number of halogens is 1. The average Bonchev–Trinajstić information content (AvgIpc) is 2.73. The van der Waals surface area contributed by atoms with Crippen molar-refractivity contribution in [3.05, 3.63) is 0 Å². The summed E-state index contributed by atoms with van der Waals surface area (Å²) in [5.41, 5.74) is 5.87. The molecule has 0 aliphatic carbocycles. The van der Waals surface area contributed by atoms with Crippen LogP contribution >= 0.6 is 12.4 Å². The van der Waals surface area contributed by atoms with Crippen LogP contribution in [-0.4, -0.2) is 29.4 Å². The molecule has 1 amide bonds. The van der Waals surface area contributed by atoms with Crippen molar-refractivity contribution in [1.82, 2.24) is 4.90 Å². The highest BCUT2D eigenvalue weighted by Gasteiger charge is 2.33. The Labute approximate surface area is 103 Å². The molecule has 1 aliphatic heterocycles. The Kier molecular flexibility index (Phi) is 6.39. The number of nitrogens with two attached hydrogens (primary N) is 1. The van der Waals surface area contributed by atoms with E-state index in [9.17, 15) is 4.79 Å². The standard InChI is InChI=1S/C11H19N3O.ClH/c1-3-8(2)10(13)11(15)14-6-4-5-9(14)7-12;/h8-10H,3-6,13H2,1-2H3;1H/t8?,9-,10?;/m0./s1. The van der Waals surface area contributed by atoms with Gasteiger partial charge in [-0.25, -0.2) is 0 Å². The van der Waals surface area contributed by atoms with Gasteiger partial charge in [-0.2, -0.15) is 5.26 Å². The lowest BCUT2D eigenvalue weighted by atomic mass is 9.99. The van der Waals surface area contributed by atoms with Gasteiger partial charge in [0, 0.05) is 6.54 Å². The van der Waals surface area contributed by atoms with Gasteiger partial charge >= 0.3 is 0 Å². The normalized spacial score (nSPS) is 23.1. The van der Waals surface area contributed by atoms with Crippen molar-refractivity contribution >= 4 is 18.3 Å². The monoisotopic (exact) mass is 245 g/mol. The van der Waals surface area contributed by atoms with Gasteiger partial charge in [0.1, 0.15) is 6.04 Å². The fourth-order valence-electron chi connectivity index (χ4n) is 1.85. The molecule has 1 fully saturated rings. The molecule has 0 aromatic rings. The molecule has 0 radical (unpaired) electrons. The third-order valence-corrected chi connectivity index (χ3v) is 3.23. The molecule has 2 unspecified atom stereocenters. The summed E-state index contributed by atoms with van der Waals surface area (Å²) in [6, 6.07) is 1.44. The molecule has 3 atom stereocenters. The van der Waals surface area contributed by atoms with Crippen molar-refractivity contribution < 1.29 is 4.79 Å². The first-order valence-electron chi connectivity index (χ1n) is 5.57. The highest BCUT2D eigenvalue weighted by atomic mass is 35.5. The van der Waals surface area contributed by atoms with Gasteiger partial charge < -0.3 is 10.6 Å².